The Morgan fingerprint density at radius 1 is 1.00 bits per heavy atom. The topological polar surface area (TPSA) is 57.3 Å². The van der Waals surface area contributed by atoms with Crippen LogP contribution in [0.25, 0.3) is 10.9 Å². The van der Waals surface area contributed by atoms with Crippen LogP contribution in [0.15, 0.2) is 87.4 Å². The number of rotatable bonds is 8. The van der Waals surface area contributed by atoms with E-state index in [0.717, 1.165) is 23.7 Å². The molecular weight excluding hydrogens is 372 g/mol. The number of fused-ring (bicyclic) bond motifs is 1. The number of hydrogen-bond donors (Lipinski definition) is 0. The molecule has 0 saturated carbocycles. The molecule has 0 fully saturated rings. The van der Waals surface area contributed by atoms with E-state index < -0.39 is 0 Å². The highest BCUT2D eigenvalue weighted by atomic mass is 32.2. The van der Waals surface area contributed by atoms with Gasteiger partial charge in [-0.25, -0.2) is 4.98 Å². The molecular formula is C22H20N2O3S. The van der Waals surface area contributed by atoms with Crippen LogP contribution in [0, 0.1) is 0 Å². The smallest absolute Gasteiger partial charge is 0.262 e. The van der Waals surface area contributed by atoms with Gasteiger partial charge in [-0.1, -0.05) is 42.1 Å². The Kier molecular flexibility index (Phi) is 5.77. The second-order valence-corrected chi connectivity index (χ2v) is 7.31. The van der Waals surface area contributed by atoms with Gasteiger partial charge in [-0.2, -0.15) is 0 Å². The van der Waals surface area contributed by atoms with Crippen LogP contribution >= 0.6 is 11.8 Å². The number of benzene rings is 2. The van der Waals surface area contributed by atoms with Crippen molar-refractivity contribution < 1.29 is 9.15 Å². The third kappa shape index (κ3) is 4.28. The maximum Gasteiger partial charge on any atom is 0.262 e. The summed E-state index contributed by atoms with van der Waals surface area (Å²) in [4.78, 5) is 17.7. The number of ether oxygens (including phenoxy) is 1. The summed E-state index contributed by atoms with van der Waals surface area (Å²) in [5.41, 5.74) is 0.663. The fourth-order valence-corrected chi connectivity index (χ4v) is 3.80. The molecule has 0 atom stereocenters. The molecule has 4 aromatic rings. The molecule has 6 heteroatoms. The van der Waals surface area contributed by atoms with Crippen LogP contribution in [0.4, 0.5) is 0 Å². The van der Waals surface area contributed by atoms with Gasteiger partial charge in [0.1, 0.15) is 11.5 Å². The van der Waals surface area contributed by atoms with Crippen molar-refractivity contribution in [1.29, 1.82) is 0 Å². The molecule has 2 aromatic heterocycles. The van der Waals surface area contributed by atoms with E-state index in [1.54, 1.807) is 22.6 Å². The normalized spacial score (nSPS) is 11.0. The van der Waals surface area contributed by atoms with Gasteiger partial charge in [-0.05, 0) is 42.8 Å². The van der Waals surface area contributed by atoms with Gasteiger partial charge >= 0.3 is 0 Å². The minimum Gasteiger partial charge on any atom is -0.494 e. The van der Waals surface area contributed by atoms with E-state index >= 15 is 0 Å². The van der Waals surface area contributed by atoms with Crippen molar-refractivity contribution >= 4 is 22.7 Å². The van der Waals surface area contributed by atoms with Gasteiger partial charge in [0.15, 0.2) is 5.16 Å². The third-order valence-corrected chi connectivity index (χ3v) is 5.32. The predicted molar refractivity (Wildman–Crippen MR) is 111 cm³/mol. The molecule has 0 N–H and O–H groups in total. The van der Waals surface area contributed by atoms with Crippen molar-refractivity contribution in [3.63, 3.8) is 0 Å². The lowest BCUT2D eigenvalue weighted by molar-refractivity contribution is 0.318. The van der Waals surface area contributed by atoms with E-state index in [4.69, 9.17) is 14.1 Å². The molecule has 0 aliphatic rings. The second kappa shape index (κ2) is 8.80. The van der Waals surface area contributed by atoms with E-state index in [2.05, 4.69) is 0 Å². The van der Waals surface area contributed by atoms with Crippen molar-refractivity contribution in [1.82, 2.24) is 9.55 Å². The zero-order chi connectivity index (χ0) is 19.2. The minimum atomic E-state index is -0.0509. The van der Waals surface area contributed by atoms with Crippen LogP contribution in [0.3, 0.4) is 0 Å². The van der Waals surface area contributed by atoms with E-state index in [-0.39, 0.29) is 5.56 Å². The fourth-order valence-electron chi connectivity index (χ4n) is 2.88. The molecule has 2 heterocycles. The lowest BCUT2D eigenvalue weighted by Crippen LogP contribution is -2.24. The van der Waals surface area contributed by atoms with Crippen LogP contribution in [-0.2, 0) is 6.54 Å². The van der Waals surface area contributed by atoms with Crippen LogP contribution in [0.5, 0.6) is 5.75 Å². The van der Waals surface area contributed by atoms with Gasteiger partial charge in [0, 0.05) is 5.75 Å². The van der Waals surface area contributed by atoms with Gasteiger partial charge < -0.3 is 9.15 Å². The first-order valence-corrected chi connectivity index (χ1v) is 10.1. The van der Waals surface area contributed by atoms with Crippen molar-refractivity contribution in [2.24, 2.45) is 0 Å². The summed E-state index contributed by atoms with van der Waals surface area (Å²) in [6, 6.07) is 20.9. The van der Waals surface area contributed by atoms with Gasteiger partial charge in [0.05, 0.1) is 30.3 Å². The molecule has 0 amide bonds. The molecule has 0 bridgehead atoms. The summed E-state index contributed by atoms with van der Waals surface area (Å²) in [5.74, 6) is 2.40. The number of para-hydroxylation sites is 2. The lowest BCUT2D eigenvalue weighted by Gasteiger charge is -2.12. The molecule has 0 unspecified atom stereocenters. The quantitative estimate of drug-likeness (QED) is 0.249. The van der Waals surface area contributed by atoms with Crippen molar-refractivity contribution in [3.05, 3.63) is 89.1 Å². The highest BCUT2D eigenvalue weighted by Gasteiger charge is 2.13. The number of thioether (sulfide) groups is 1. The van der Waals surface area contributed by atoms with Crippen LogP contribution in [0.1, 0.15) is 12.2 Å². The monoisotopic (exact) mass is 392 g/mol. The highest BCUT2D eigenvalue weighted by Crippen LogP contribution is 2.20. The Morgan fingerprint density at radius 2 is 1.82 bits per heavy atom. The molecule has 5 nitrogen and oxygen atoms in total. The minimum absolute atomic E-state index is 0.0509. The maximum absolute atomic E-state index is 13.0. The van der Waals surface area contributed by atoms with Crippen molar-refractivity contribution in [2.45, 2.75) is 18.1 Å². The summed E-state index contributed by atoms with van der Waals surface area (Å²) < 4.78 is 12.9. The Balaban J connectivity index is 1.49. The Labute approximate surface area is 167 Å². The second-order valence-electron chi connectivity index (χ2n) is 6.25. The Hall–Kier alpha value is -2.99. The summed E-state index contributed by atoms with van der Waals surface area (Å²) in [5, 5.41) is 1.31. The van der Waals surface area contributed by atoms with E-state index in [0.29, 0.717) is 29.2 Å². The molecule has 2 aromatic carbocycles. The fraction of sp³-hybridized carbons (Fsp3) is 0.182. The number of hydrogen-bond acceptors (Lipinski definition) is 5. The predicted octanol–water partition coefficient (Wildman–Crippen LogP) is 4.60. The average molecular weight is 392 g/mol. The van der Waals surface area contributed by atoms with E-state index in [1.165, 1.54) is 0 Å². The molecule has 4 rings (SSSR count). The van der Waals surface area contributed by atoms with Gasteiger partial charge in [0.25, 0.3) is 5.56 Å². The Bertz CT molecular complexity index is 1090. The summed E-state index contributed by atoms with van der Waals surface area (Å²) >= 11 is 1.56. The van der Waals surface area contributed by atoms with Gasteiger partial charge in [0.2, 0.25) is 0 Å². The molecule has 0 aliphatic heterocycles. The zero-order valence-electron chi connectivity index (χ0n) is 15.3. The molecule has 0 radical (unpaired) electrons. The zero-order valence-corrected chi connectivity index (χ0v) is 16.1. The van der Waals surface area contributed by atoms with E-state index in [9.17, 15) is 4.79 Å². The summed E-state index contributed by atoms with van der Waals surface area (Å²) in [6.07, 6.45) is 2.46. The third-order valence-electron chi connectivity index (χ3n) is 4.25. The average Bonchev–Trinajstić information content (AvgIpc) is 3.24. The first-order chi connectivity index (χ1) is 13.8. The molecule has 0 aliphatic carbocycles. The number of nitrogens with zero attached hydrogens (tertiary/aromatic N) is 2. The van der Waals surface area contributed by atoms with Crippen molar-refractivity contribution in [2.75, 3.05) is 12.4 Å². The lowest BCUT2D eigenvalue weighted by atomic mass is 10.2. The maximum atomic E-state index is 13.0. The van der Waals surface area contributed by atoms with Crippen LogP contribution in [-0.4, -0.2) is 21.9 Å². The van der Waals surface area contributed by atoms with Gasteiger partial charge in [-0.15, -0.1) is 0 Å². The highest BCUT2D eigenvalue weighted by molar-refractivity contribution is 7.99. The van der Waals surface area contributed by atoms with Crippen LogP contribution in [0.2, 0.25) is 0 Å². The summed E-state index contributed by atoms with van der Waals surface area (Å²) in [7, 11) is 0. The Morgan fingerprint density at radius 3 is 2.64 bits per heavy atom. The molecule has 0 spiro atoms. The first-order valence-electron chi connectivity index (χ1n) is 9.14. The SMILES string of the molecule is O=c1c2ccccc2nc(SCCCOc2ccccc2)n1Cc1ccco1. The molecule has 142 valence electrons. The standard InChI is InChI=1S/C22H20N2O3S/c25-21-19-11-4-5-12-20(19)23-22(24(21)16-18-10-6-13-27-18)28-15-7-14-26-17-8-2-1-3-9-17/h1-6,8-13H,7,14-16H2. The van der Waals surface area contributed by atoms with Crippen molar-refractivity contribution in [3.8, 4) is 5.75 Å². The van der Waals surface area contributed by atoms with Crippen LogP contribution < -0.4 is 10.3 Å². The number of furan rings is 1. The van der Waals surface area contributed by atoms with E-state index in [1.807, 2.05) is 66.7 Å². The summed E-state index contributed by atoms with van der Waals surface area (Å²) in [6.45, 7) is 0.986. The van der Waals surface area contributed by atoms with Gasteiger partial charge in [-0.3, -0.25) is 9.36 Å². The molecule has 0 saturated heterocycles. The largest absolute Gasteiger partial charge is 0.494 e. The molecule has 28 heavy (non-hydrogen) atoms. The number of aromatic nitrogens is 2. The first kappa shape index (κ1) is 18.4.